The average Bonchev–Trinajstić information content (AvgIpc) is 3.29. The zero-order chi connectivity index (χ0) is 21.1. The molecular formula is C23H24N2O3S2. The van der Waals surface area contributed by atoms with E-state index in [1.807, 2.05) is 41.8 Å². The molecule has 5 nitrogen and oxygen atoms in total. The SMILES string of the molecule is CC1CCCN(S(=O)(=O)c2ccc(C(=O)Nc3ccccc3-c3cccs3)cc2)C1. The summed E-state index contributed by atoms with van der Waals surface area (Å²) in [6.07, 6.45) is 1.93. The molecule has 4 rings (SSSR count). The van der Waals surface area contributed by atoms with E-state index < -0.39 is 10.0 Å². The maximum atomic E-state index is 12.9. The van der Waals surface area contributed by atoms with E-state index in [1.165, 1.54) is 12.1 Å². The molecule has 2 aromatic carbocycles. The van der Waals surface area contributed by atoms with E-state index in [0.717, 1.165) is 29.0 Å². The molecule has 0 spiro atoms. The molecule has 0 aliphatic carbocycles. The first-order chi connectivity index (χ1) is 14.4. The van der Waals surface area contributed by atoms with Crippen LogP contribution in [0.2, 0.25) is 0 Å². The number of anilines is 1. The second-order valence-corrected chi connectivity index (χ2v) is 10.5. The van der Waals surface area contributed by atoms with Crippen LogP contribution in [0.4, 0.5) is 5.69 Å². The Balaban J connectivity index is 1.52. The Morgan fingerprint density at radius 1 is 1.07 bits per heavy atom. The van der Waals surface area contributed by atoms with E-state index in [2.05, 4.69) is 12.2 Å². The van der Waals surface area contributed by atoms with Gasteiger partial charge in [0.15, 0.2) is 0 Å². The molecule has 1 amide bonds. The number of carbonyl (C=O) groups is 1. The van der Waals surface area contributed by atoms with Crippen molar-refractivity contribution in [2.24, 2.45) is 5.92 Å². The highest BCUT2D eigenvalue weighted by Crippen LogP contribution is 2.31. The number of nitrogens with zero attached hydrogens (tertiary/aromatic N) is 1. The van der Waals surface area contributed by atoms with Crippen molar-refractivity contribution in [3.8, 4) is 10.4 Å². The Kier molecular flexibility index (Phi) is 6.04. The first-order valence-electron chi connectivity index (χ1n) is 9.99. The van der Waals surface area contributed by atoms with E-state index in [0.29, 0.717) is 24.6 Å². The van der Waals surface area contributed by atoms with Crippen LogP contribution in [0.3, 0.4) is 0 Å². The molecule has 1 aliphatic heterocycles. The molecule has 0 bridgehead atoms. The summed E-state index contributed by atoms with van der Waals surface area (Å²) in [5.74, 6) is 0.0940. The van der Waals surface area contributed by atoms with E-state index in [9.17, 15) is 13.2 Å². The summed E-state index contributed by atoms with van der Waals surface area (Å²) in [6.45, 7) is 3.17. The van der Waals surface area contributed by atoms with Gasteiger partial charge in [-0.1, -0.05) is 31.2 Å². The summed E-state index contributed by atoms with van der Waals surface area (Å²) in [5, 5.41) is 4.95. The van der Waals surface area contributed by atoms with Crippen molar-refractivity contribution >= 4 is 33.0 Å². The van der Waals surface area contributed by atoms with Crippen molar-refractivity contribution in [2.75, 3.05) is 18.4 Å². The monoisotopic (exact) mass is 440 g/mol. The van der Waals surface area contributed by atoms with Crippen LogP contribution in [-0.2, 0) is 10.0 Å². The Bertz CT molecular complexity index is 1120. The molecule has 30 heavy (non-hydrogen) atoms. The number of sulfonamides is 1. The largest absolute Gasteiger partial charge is 0.321 e. The number of benzene rings is 2. The van der Waals surface area contributed by atoms with Gasteiger partial charge in [0.25, 0.3) is 5.91 Å². The summed E-state index contributed by atoms with van der Waals surface area (Å²) in [6, 6.07) is 17.8. The standard InChI is InChI=1S/C23H24N2O3S2/c1-17-6-4-14-25(16-17)30(27,28)19-12-10-18(11-13-19)23(26)24-21-8-3-2-7-20(21)22-9-5-15-29-22/h2-3,5,7-13,15,17H,4,6,14,16H2,1H3,(H,24,26). The Hall–Kier alpha value is -2.48. The van der Waals surface area contributed by atoms with E-state index >= 15 is 0 Å². The van der Waals surface area contributed by atoms with Gasteiger partial charge in [-0.05, 0) is 60.5 Å². The molecule has 1 atom stereocenters. The second-order valence-electron chi connectivity index (χ2n) is 7.61. The third kappa shape index (κ3) is 4.33. The Labute approximate surface area is 181 Å². The van der Waals surface area contributed by atoms with E-state index in [-0.39, 0.29) is 10.8 Å². The molecule has 0 radical (unpaired) electrons. The molecule has 7 heteroatoms. The van der Waals surface area contributed by atoms with Gasteiger partial charge in [0.1, 0.15) is 0 Å². The van der Waals surface area contributed by atoms with Crippen molar-refractivity contribution in [1.82, 2.24) is 4.31 Å². The number of thiophene rings is 1. The third-order valence-corrected chi connectivity index (χ3v) is 8.12. The second kappa shape index (κ2) is 8.71. The van der Waals surface area contributed by atoms with Crippen LogP contribution in [-0.4, -0.2) is 31.7 Å². The van der Waals surface area contributed by atoms with Crippen molar-refractivity contribution in [3.05, 3.63) is 71.6 Å². The number of hydrogen-bond acceptors (Lipinski definition) is 4. The molecule has 3 aromatic rings. The molecule has 1 N–H and O–H groups in total. The quantitative estimate of drug-likeness (QED) is 0.601. The molecule has 0 saturated carbocycles. The third-order valence-electron chi connectivity index (χ3n) is 5.34. The van der Waals surface area contributed by atoms with Gasteiger partial charge >= 0.3 is 0 Å². The van der Waals surface area contributed by atoms with Crippen molar-refractivity contribution in [3.63, 3.8) is 0 Å². The highest BCUT2D eigenvalue weighted by atomic mass is 32.2. The molecule has 156 valence electrons. The van der Waals surface area contributed by atoms with Gasteiger partial charge in [-0.15, -0.1) is 11.3 Å². The minimum atomic E-state index is -3.53. The van der Waals surface area contributed by atoms with Crippen LogP contribution in [0.5, 0.6) is 0 Å². The van der Waals surface area contributed by atoms with Crippen molar-refractivity contribution < 1.29 is 13.2 Å². The van der Waals surface area contributed by atoms with Crippen LogP contribution < -0.4 is 5.32 Å². The van der Waals surface area contributed by atoms with Crippen LogP contribution in [0.25, 0.3) is 10.4 Å². The fraction of sp³-hybridized carbons (Fsp3) is 0.261. The number of carbonyl (C=O) groups excluding carboxylic acids is 1. The molecule has 1 fully saturated rings. The van der Waals surface area contributed by atoms with Gasteiger partial charge in [0.05, 0.1) is 4.90 Å². The predicted octanol–water partition coefficient (Wildman–Crippen LogP) is 5.09. The van der Waals surface area contributed by atoms with Crippen molar-refractivity contribution in [1.29, 1.82) is 0 Å². The van der Waals surface area contributed by atoms with Crippen molar-refractivity contribution in [2.45, 2.75) is 24.7 Å². The highest BCUT2D eigenvalue weighted by molar-refractivity contribution is 7.89. The summed E-state index contributed by atoms with van der Waals surface area (Å²) < 4.78 is 27.4. The van der Waals surface area contributed by atoms with Crippen LogP contribution >= 0.6 is 11.3 Å². The fourth-order valence-corrected chi connectivity index (χ4v) is 6.09. The molecular weight excluding hydrogens is 416 g/mol. The Morgan fingerprint density at radius 3 is 2.53 bits per heavy atom. The lowest BCUT2D eigenvalue weighted by Crippen LogP contribution is -2.39. The highest BCUT2D eigenvalue weighted by Gasteiger charge is 2.28. The number of amides is 1. The topological polar surface area (TPSA) is 66.5 Å². The van der Waals surface area contributed by atoms with Crippen LogP contribution in [0, 0.1) is 5.92 Å². The zero-order valence-corrected chi connectivity index (χ0v) is 18.4. The predicted molar refractivity (Wildman–Crippen MR) is 121 cm³/mol. The lowest BCUT2D eigenvalue weighted by Gasteiger charge is -2.30. The minimum Gasteiger partial charge on any atom is -0.321 e. The summed E-state index contributed by atoms with van der Waals surface area (Å²) in [7, 11) is -3.53. The first-order valence-corrected chi connectivity index (χ1v) is 12.3. The smallest absolute Gasteiger partial charge is 0.255 e. The molecule has 1 unspecified atom stereocenters. The number of nitrogens with one attached hydrogen (secondary N) is 1. The van der Waals surface area contributed by atoms with Gasteiger partial charge in [-0.25, -0.2) is 8.42 Å². The first kappa shape index (κ1) is 20.8. The van der Waals surface area contributed by atoms with Gasteiger partial charge in [-0.3, -0.25) is 4.79 Å². The maximum absolute atomic E-state index is 12.9. The number of hydrogen-bond donors (Lipinski definition) is 1. The Morgan fingerprint density at radius 2 is 1.83 bits per heavy atom. The normalized spacial score (nSPS) is 17.6. The summed E-state index contributed by atoms with van der Waals surface area (Å²) in [5.41, 5.74) is 2.10. The zero-order valence-electron chi connectivity index (χ0n) is 16.7. The van der Waals surface area contributed by atoms with Gasteiger partial charge in [0.2, 0.25) is 10.0 Å². The summed E-state index contributed by atoms with van der Waals surface area (Å²) >= 11 is 1.61. The average molecular weight is 441 g/mol. The fourth-order valence-electron chi connectivity index (χ4n) is 3.73. The molecule has 1 aliphatic rings. The van der Waals surface area contributed by atoms with Gasteiger partial charge in [-0.2, -0.15) is 4.31 Å². The minimum absolute atomic E-state index is 0.229. The van der Waals surface area contributed by atoms with Crippen LogP contribution in [0.1, 0.15) is 30.1 Å². The molecule has 1 saturated heterocycles. The number of rotatable bonds is 5. The van der Waals surface area contributed by atoms with E-state index in [4.69, 9.17) is 0 Å². The number of piperidine rings is 1. The maximum Gasteiger partial charge on any atom is 0.255 e. The molecule has 1 aromatic heterocycles. The lowest BCUT2D eigenvalue weighted by atomic mass is 10.0. The van der Waals surface area contributed by atoms with E-state index in [1.54, 1.807) is 27.8 Å². The van der Waals surface area contributed by atoms with Crippen LogP contribution in [0.15, 0.2) is 70.9 Å². The summed E-state index contributed by atoms with van der Waals surface area (Å²) in [4.78, 5) is 14.1. The molecule has 2 heterocycles. The lowest BCUT2D eigenvalue weighted by molar-refractivity contribution is 0.102. The van der Waals surface area contributed by atoms with Gasteiger partial charge < -0.3 is 5.32 Å². The number of para-hydroxylation sites is 1. The van der Waals surface area contributed by atoms with Gasteiger partial charge in [0, 0.05) is 34.8 Å².